The fraction of sp³-hybridized carbons (Fsp3) is 1.00. The van der Waals surface area contributed by atoms with Gasteiger partial charge in [0, 0.05) is 5.38 Å². The standard InChI is InChI=1S/C17H33Cl/c1-5-6-7-8-9-12-17(3,4)15-11-10-14(2)13-16(15)18/h14-16H,5-13H2,1-4H3. The summed E-state index contributed by atoms with van der Waals surface area (Å²) in [6, 6.07) is 0. The van der Waals surface area contributed by atoms with Crippen LogP contribution in [0.1, 0.15) is 85.5 Å². The second kappa shape index (κ2) is 7.78. The van der Waals surface area contributed by atoms with Crippen LogP contribution >= 0.6 is 11.6 Å². The van der Waals surface area contributed by atoms with E-state index in [0.29, 0.717) is 10.8 Å². The Labute approximate surface area is 120 Å². The summed E-state index contributed by atoms with van der Waals surface area (Å²) in [5, 5.41) is 0.416. The van der Waals surface area contributed by atoms with Crippen LogP contribution in [-0.2, 0) is 0 Å². The molecule has 0 amide bonds. The minimum absolute atomic E-state index is 0.416. The molecule has 0 heterocycles. The van der Waals surface area contributed by atoms with Gasteiger partial charge in [0.15, 0.2) is 0 Å². The van der Waals surface area contributed by atoms with Crippen LogP contribution < -0.4 is 0 Å². The van der Waals surface area contributed by atoms with Crippen LogP contribution in [0.5, 0.6) is 0 Å². The topological polar surface area (TPSA) is 0 Å². The van der Waals surface area contributed by atoms with Gasteiger partial charge in [-0.2, -0.15) is 0 Å². The summed E-state index contributed by atoms with van der Waals surface area (Å²) in [7, 11) is 0. The molecule has 18 heavy (non-hydrogen) atoms. The molecule has 0 aromatic heterocycles. The molecule has 1 fully saturated rings. The smallest absolute Gasteiger partial charge is 0.0371 e. The summed E-state index contributed by atoms with van der Waals surface area (Å²) >= 11 is 6.62. The first kappa shape index (κ1) is 16.3. The second-order valence-corrected chi connectivity index (χ2v) is 7.75. The molecule has 0 N–H and O–H groups in total. The number of hydrogen-bond acceptors (Lipinski definition) is 0. The van der Waals surface area contributed by atoms with Gasteiger partial charge in [-0.25, -0.2) is 0 Å². The molecule has 1 heteroatoms. The van der Waals surface area contributed by atoms with Gasteiger partial charge < -0.3 is 0 Å². The molecule has 0 spiro atoms. The van der Waals surface area contributed by atoms with Gasteiger partial charge in [-0.1, -0.05) is 66.2 Å². The van der Waals surface area contributed by atoms with Gasteiger partial charge >= 0.3 is 0 Å². The Morgan fingerprint density at radius 3 is 2.33 bits per heavy atom. The zero-order valence-corrected chi connectivity index (χ0v) is 13.7. The zero-order valence-electron chi connectivity index (χ0n) is 13.0. The van der Waals surface area contributed by atoms with Crippen LogP contribution in [-0.4, -0.2) is 5.38 Å². The van der Waals surface area contributed by atoms with Gasteiger partial charge in [0.1, 0.15) is 0 Å². The molecule has 3 atom stereocenters. The third-order valence-electron chi connectivity index (χ3n) is 4.96. The molecule has 0 aliphatic heterocycles. The number of alkyl halides is 1. The molecule has 1 saturated carbocycles. The van der Waals surface area contributed by atoms with Crippen LogP contribution in [0.4, 0.5) is 0 Å². The van der Waals surface area contributed by atoms with Crippen molar-refractivity contribution in [2.75, 3.05) is 0 Å². The number of hydrogen-bond donors (Lipinski definition) is 0. The van der Waals surface area contributed by atoms with Crippen molar-refractivity contribution in [1.29, 1.82) is 0 Å². The summed E-state index contributed by atoms with van der Waals surface area (Å²) in [5.74, 6) is 1.57. The van der Waals surface area contributed by atoms with Gasteiger partial charge in [-0.15, -0.1) is 11.6 Å². The van der Waals surface area contributed by atoms with Gasteiger partial charge in [-0.3, -0.25) is 0 Å². The Kier molecular flexibility index (Phi) is 7.06. The Bertz CT molecular complexity index is 222. The van der Waals surface area contributed by atoms with Crippen LogP contribution in [0.3, 0.4) is 0 Å². The number of rotatable bonds is 7. The predicted molar refractivity (Wildman–Crippen MR) is 83.3 cm³/mol. The third-order valence-corrected chi connectivity index (χ3v) is 5.45. The first-order valence-corrected chi connectivity index (χ1v) is 8.55. The quantitative estimate of drug-likeness (QED) is 0.371. The van der Waals surface area contributed by atoms with Crippen molar-refractivity contribution in [2.24, 2.45) is 17.3 Å². The van der Waals surface area contributed by atoms with Gasteiger partial charge in [0.2, 0.25) is 0 Å². The van der Waals surface area contributed by atoms with E-state index in [0.717, 1.165) is 11.8 Å². The van der Waals surface area contributed by atoms with E-state index in [-0.39, 0.29) is 0 Å². The fourth-order valence-electron chi connectivity index (χ4n) is 3.56. The third kappa shape index (κ3) is 5.11. The average molecular weight is 273 g/mol. The SMILES string of the molecule is CCCCCCCC(C)(C)C1CCC(C)CC1Cl. The summed E-state index contributed by atoms with van der Waals surface area (Å²) in [5.41, 5.74) is 0.443. The lowest BCUT2D eigenvalue weighted by molar-refractivity contribution is 0.128. The lowest BCUT2D eigenvalue weighted by Crippen LogP contribution is -2.35. The van der Waals surface area contributed by atoms with E-state index >= 15 is 0 Å². The molecule has 1 rings (SSSR count). The van der Waals surface area contributed by atoms with E-state index in [2.05, 4.69) is 27.7 Å². The van der Waals surface area contributed by atoms with Crippen molar-refractivity contribution in [1.82, 2.24) is 0 Å². The van der Waals surface area contributed by atoms with Crippen molar-refractivity contribution in [3.63, 3.8) is 0 Å². The Morgan fingerprint density at radius 2 is 1.72 bits per heavy atom. The van der Waals surface area contributed by atoms with Crippen LogP contribution in [0.2, 0.25) is 0 Å². The molecule has 0 aromatic rings. The van der Waals surface area contributed by atoms with Crippen LogP contribution in [0.25, 0.3) is 0 Å². The molecular weight excluding hydrogens is 240 g/mol. The maximum Gasteiger partial charge on any atom is 0.0371 e. The highest BCUT2D eigenvalue weighted by Crippen LogP contribution is 2.45. The maximum absolute atomic E-state index is 6.62. The highest BCUT2D eigenvalue weighted by atomic mass is 35.5. The molecule has 108 valence electrons. The minimum Gasteiger partial charge on any atom is -0.123 e. The first-order chi connectivity index (χ1) is 8.47. The van der Waals surface area contributed by atoms with Crippen LogP contribution in [0.15, 0.2) is 0 Å². The Hall–Kier alpha value is 0.290. The fourth-order valence-corrected chi connectivity index (χ4v) is 4.33. The maximum atomic E-state index is 6.62. The average Bonchev–Trinajstić information content (AvgIpc) is 2.28. The molecular formula is C17H33Cl. The lowest BCUT2D eigenvalue weighted by Gasteiger charge is -2.42. The number of unbranched alkanes of at least 4 members (excludes halogenated alkanes) is 4. The lowest BCUT2D eigenvalue weighted by atomic mass is 9.66. The van der Waals surface area contributed by atoms with Crippen molar-refractivity contribution >= 4 is 11.6 Å². The van der Waals surface area contributed by atoms with E-state index in [4.69, 9.17) is 11.6 Å². The first-order valence-electron chi connectivity index (χ1n) is 8.11. The van der Waals surface area contributed by atoms with Crippen molar-refractivity contribution < 1.29 is 0 Å². The van der Waals surface area contributed by atoms with Crippen molar-refractivity contribution in [3.05, 3.63) is 0 Å². The molecule has 0 bridgehead atoms. The van der Waals surface area contributed by atoms with Gasteiger partial charge in [-0.05, 0) is 36.5 Å². The summed E-state index contributed by atoms with van der Waals surface area (Å²) < 4.78 is 0. The highest BCUT2D eigenvalue weighted by Gasteiger charge is 2.37. The van der Waals surface area contributed by atoms with Crippen molar-refractivity contribution in [3.8, 4) is 0 Å². The van der Waals surface area contributed by atoms with Gasteiger partial charge in [0.25, 0.3) is 0 Å². The number of halogens is 1. The zero-order chi connectivity index (χ0) is 13.6. The van der Waals surface area contributed by atoms with Crippen LogP contribution in [0, 0.1) is 17.3 Å². The molecule has 1 aliphatic rings. The van der Waals surface area contributed by atoms with Gasteiger partial charge in [0.05, 0.1) is 0 Å². The molecule has 0 radical (unpaired) electrons. The summed E-state index contributed by atoms with van der Waals surface area (Å²) in [6.45, 7) is 9.53. The predicted octanol–water partition coefficient (Wildman–Crippen LogP) is 6.42. The van der Waals surface area contributed by atoms with E-state index in [1.807, 2.05) is 0 Å². The summed E-state index contributed by atoms with van der Waals surface area (Å²) in [6.07, 6.45) is 12.3. The summed E-state index contributed by atoms with van der Waals surface area (Å²) in [4.78, 5) is 0. The molecule has 1 aliphatic carbocycles. The Morgan fingerprint density at radius 1 is 1.06 bits per heavy atom. The molecule has 0 saturated heterocycles. The van der Waals surface area contributed by atoms with E-state index < -0.39 is 0 Å². The second-order valence-electron chi connectivity index (χ2n) is 7.19. The van der Waals surface area contributed by atoms with E-state index in [9.17, 15) is 0 Å². The molecule has 0 nitrogen and oxygen atoms in total. The normalized spacial score (nSPS) is 29.5. The minimum atomic E-state index is 0.416. The largest absolute Gasteiger partial charge is 0.123 e. The Balaban J connectivity index is 2.33. The monoisotopic (exact) mass is 272 g/mol. The van der Waals surface area contributed by atoms with E-state index in [1.54, 1.807) is 0 Å². The molecule has 3 unspecified atom stereocenters. The van der Waals surface area contributed by atoms with E-state index in [1.165, 1.54) is 57.8 Å². The van der Waals surface area contributed by atoms with Crippen molar-refractivity contribution in [2.45, 2.75) is 90.9 Å². The highest BCUT2D eigenvalue weighted by molar-refractivity contribution is 6.20. The molecule has 0 aromatic carbocycles.